The van der Waals surface area contributed by atoms with E-state index in [1.165, 1.54) is 0 Å². The van der Waals surface area contributed by atoms with Crippen LogP contribution >= 0.6 is 0 Å². The number of unbranched alkanes of at least 4 members (excludes halogenated alkanes) is 8. The van der Waals surface area contributed by atoms with E-state index in [4.69, 9.17) is 4.74 Å². The average Bonchev–Trinajstić information content (AvgIpc) is 2.88. The first-order valence-corrected chi connectivity index (χ1v) is 13.4. The Morgan fingerprint density at radius 3 is 1.60 bits per heavy atom. The predicted octanol–water partition coefficient (Wildman–Crippen LogP) is 9.24. The fourth-order valence-electron chi connectivity index (χ4n) is 4.09. The van der Waals surface area contributed by atoms with Crippen molar-refractivity contribution in [2.75, 3.05) is 18.5 Å². The van der Waals surface area contributed by atoms with E-state index >= 15 is 0 Å². The van der Waals surface area contributed by atoms with Gasteiger partial charge < -0.3 is 10.1 Å². The molecule has 1 atom stereocenters. The summed E-state index contributed by atoms with van der Waals surface area (Å²) >= 11 is 0. The highest BCUT2D eigenvalue weighted by Crippen LogP contribution is 2.58. The summed E-state index contributed by atoms with van der Waals surface area (Å²) in [5, 5.41) is 3.17. The maximum absolute atomic E-state index is 14.2. The molecular formula is C27H34F11NO3. The molecule has 1 N–H and O–H groups in total. The lowest BCUT2D eigenvalue weighted by Gasteiger charge is -2.39. The van der Waals surface area contributed by atoms with Crippen molar-refractivity contribution >= 4 is 17.4 Å². The minimum absolute atomic E-state index is 0.162. The van der Waals surface area contributed by atoms with E-state index in [1.807, 2.05) is 0 Å². The second kappa shape index (κ2) is 15.7. The molecule has 0 saturated heterocycles. The third-order valence-electron chi connectivity index (χ3n) is 6.54. The summed E-state index contributed by atoms with van der Waals surface area (Å²) < 4.78 is 148. The Kier molecular flexibility index (Phi) is 14.0. The summed E-state index contributed by atoms with van der Waals surface area (Å²) in [5.74, 6) is -15.2. The Morgan fingerprint density at radius 1 is 0.667 bits per heavy atom. The van der Waals surface area contributed by atoms with Gasteiger partial charge in [-0.2, -0.15) is 43.9 Å². The molecule has 0 aromatic heterocycles. The minimum Gasteiger partial charge on any atom is -0.466 e. The van der Waals surface area contributed by atoms with E-state index in [1.54, 1.807) is 31.2 Å². The van der Waals surface area contributed by atoms with Gasteiger partial charge in [-0.25, -0.2) is 4.39 Å². The van der Waals surface area contributed by atoms with Gasteiger partial charge in [0.1, 0.15) is 6.42 Å². The van der Waals surface area contributed by atoms with E-state index in [0.29, 0.717) is 24.9 Å². The molecule has 0 bridgehead atoms. The highest BCUT2D eigenvalue weighted by Gasteiger charge is 2.85. The number of hydrogen-bond donors (Lipinski definition) is 1. The summed E-state index contributed by atoms with van der Waals surface area (Å²) in [6.07, 6.45) is -13.2. The molecule has 0 aliphatic rings. The van der Waals surface area contributed by atoms with Crippen molar-refractivity contribution < 1.29 is 62.6 Å². The molecule has 1 unspecified atom stereocenters. The summed E-state index contributed by atoms with van der Waals surface area (Å²) in [7, 11) is 0. The Morgan fingerprint density at radius 2 is 1.14 bits per heavy atom. The van der Waals surface area contributed by atoms with Crippen molar-refractivity contribution in [2.45, 2.75) is 107 Å². The summed E-state index contributed by atoms with van der Waals surface area (Å²) in [6.45, 7) is 2.45. The maximum Gasteiger partial charge on any atom is 0.460 e. The SMILES string of the molecule is CCOC(=O)CC(=O)c1ccc(NCCCCCCCCCCCC(F)(C(F)(F)F)C(F)(F)C(F)(F)C(F)(F)F)cc1. The number of ketones is 1. The van der Waals surface area contributed by atoms with Gasteiger partial charge in [-0.15, -0.1) is 0 Å². The second-order valence-corrected chi connectivity index (χ2v) is 9.79. The largest absolute Gasteiger partial charge is 0.466 e. The van der Waals surface area contributed by atoms with Gasteiger partial charge in [0.15, 0.2) is 5.78 Å². The second-order valence-electron chi connectivity index (χ2n) is 9.79. The number of rotatable bonds is 19. The molecular weight excluding hydrogens is 595 g/mol. The van der Waals surface area contributed by atoms with Crippen LogP contribution in [0.4, 0.5) is 54.0 Å². The first-order chi connectivity index (χ1) is 19.3. The zero-order chi connectivity index (χ0) is 32.2. The molecule has 4 nitrogen and oxygen atoms in total. The van der Waals surface area contributed by atoms with Crippen molar-refractivity contribution in [3.63, 3.8) is 0 Å². The Bertz CT molecular complexity index is 979. The number of carbonyl (C=O) groups is 2. The van der Waals surface area contributed by atoms with Gasteiger partial charge >= 0.3 is 30.2 Å². The van der Waals surface area contributed by atoms with E-state index in [0.717, 1.165) is 31.4 Å². The monoisotopic (exact) mass is 629 g/mol. The molecule has 0 aliphatic heterocycles. The van der Waals surface area contributed by atoms with Gasteiger partial charge in [-0.05, 0) is 50.5 Å². The van der Waals surface area contributed by atoms with Crippen molar-refractivity contribution in [3.8, 4) is 0 Å². The fraction of sp³-hybridized carbons (Fsp3) is 0.704. The summed E-state index contributed by atoms with van der Waals surface area (Å²) in [4.78, 5) is 23.4. The number of alkyl halides is 11. The van der Waals surface area contributed by atoms with Gasteiger partial charge in [0.25, 0.3) is 5.67 Å². The number of esters is 1. The van der Waals surface area contributed by atoms with E-state index in [2.05, 4.69) is 5.32 Å². The number of halogens is 11. The normalized spacial score (nSPS) is 14.4. The first kappa shape index (κ1) is 37.4. The lowest BCUT2D eigenvalue weighted by molar-refractivity contribution is -0.412. The Labute approximate surface area is 236 Å². The standard InChI is InChI=1S/C27H34F11NO3/c1-2-42-22(41)18-21(40)19-12-14-20(15-13-19)39-17-11-9-7-5-3-4-6-8-10-16-23(28,26(33,34)35)24(29,30)25(31,32)27(36,37)38/h12-15,39H,2-11,16-18H2,1H3. The smallest absolute Gasteiger partial charge is 0.460 e. The minimum atomic E-state index is -7.21. The molecule has 15 heteroatoms. The zero-order valence-electron chi connectivity index (χ0n) is 22.9. The molecule has 0 aliphatic carbocycles. The molecule has 1 aromatic carbocycles. The third-order valence-corrected chi connectivity index (χ3v) is 6.54. The lowest BCUT2D eigenvalue weighted by atomic mass is 9.86. The van der Waals surface area contributed by atoms with E-state index in [9.17, 15) is 57.9 Å². The Balaban J connectivity index is 2.29. The molecule has 0 radical (unpaired) electrons. The maximum atomic E-state index is 14.2. The van der Waals surface area contributed by atoms with Gasteiger partial charge in [-0.3, -0.25) is 9.59 Å². The first-order valence-electron chi connectivity index (χ1n) is 13.4. The van der Waals surface area contributed by atoms with Gasteiger partial charge in [0.2, 0.25) is 0 Å². The van der Waals surface area contributed by atoms with E-state index < -0.39 is 48.7 Å². The van der Waals surface area contributed by atoms with Crippen LogP contribution in [0.1, 0.15) is 87.9 Å². The number of nitrogens with one attached hydrogen (secondary N) is 1. The third kappa shape index (κ3) is 9.99. The van der Waals surface area contributed by atoms with Crippen molar-refractivity contribution in [1.29, 1.82) is 0 Å². The molecule has 42 heavy (non-hydrogen) atoms. The molecule has 0 amide bonds. The highest BCUT2D eigenvalue weighted by molar-refractivity contribution is 6.06. The van der Waals surface area contributed by atoms with Crippen molar-refractivity contribution in [3.05, 3.63) is 29.8 Å². The van der Waals surface area contributed by atoms with Crippen LogP contribution < -0.4 is 5.32 Å². The summed E-state index contributed by atoms with van der Waals surface area (Å²) in [6, 6.07) is 6.57. The number of benzene rings is 1. The van der Waals surface area contributed by atoms with Gasteiger partial charge in [0, 0.05) is 17.8 Å². The topological polar surface area (TPSA) is 55.4 Å². The van der Waals surface area contributed by atoms with E-state index in [-0.39, 0.29) is 31.7 Å². The van der Waals surface area contributed by atoms with Crippen LogP contribution in [0.2, 0.25) is 0 Å². The van der Waals surface area contributed by atoms with Crippen molar-refractivity contribution in [2.24, 2.45) is 0 Å². The molecule has 0 fully saturated rings. The Hall–Kier alpha value is -2.61. The number of anilines is 1. The van der Waals surface area contributed by atoms with Crippen LogP contribution in [-0.2, 0) is 9.53 Å². The van der Waals surface area contributed by atoms with Crippen LogP contribution in [-0.4, -0.2) is 54.8 Å². The molecule has 1 aromatic rings. The van der Waals surface area contributed by atoms with Crippen LogP contribution in [0.25, 0.3) is 0 Å². The number of carbonyl (C=O) groups excluding carboxylic acids is 2. The zero-order valence-corrected chi connectivity index (χ0v) is 22.9. The van der Waals surface area contributed by atoms with Gasteiger partial charge in [0.05, 0.1) is 6.61 Å². The number of ether oxygens (including phenoxy) is 1. The van der Waals surface area contributed by atoms with Gasteiger partial charge in [-0.1, -0.05) is 44.9 Å². The van der Waals surface area contributed by atoms with Crippen LogP contribution in [0.5, 0.6) is 0 Å². The fourth-order valence-corrected chi connectivity index (χ4v) is 4.09. The van der Waals surface area contributed by atoms with Crippen LogP contribution in [0, 0.1) is 0 Å². The number of hydrogen-bond acceptors (Lipinski definition) is 4. The quantitative estimate of drug-likeness (QED) is 0.0545. The lowest BCUT2D eigenvalue weighted by Crippen LogP contribution is -2.67. The average molecular weight is 630 g/mol. The molecule has 242 valence electrons. The van der Waals surface area contributed by atoms with Crippen LogP contribution in [0.3, 0.4) is 0 Å². The highest BCUT2D eigenvalue weighted by atomic mass is 19.4. The predicted molar refractivity (Wildman–Crippen MR) is 133 cm³/mol. The number of Topliss-reactive ketones (excluding diaryl/α,β-unsaturated/α-hetero) is 1. The molecule has 0 saturated carbocycles. The van der Waals surface area contributed by atoms with Crippen molar-refractivity contribution in [1.82, 2.24) is 0 Å². The molecule has 1 rings (SSSR count). The molecule has 0 heterocycles. The molecule has 0 spiro atoms. The van der Waals surface area contributed by atoms with Crippen LogP contribution in [0.15, 0.2) is 24.3 Å². The summed E-state index contributed by atoms with van der Waals surface area (Å²) in [5.41, 5.74) is -4.90.